The number of hydrogen-bond donors (Lipinski definition) is 0. The zero-order valence-corrected chi connectivity index (χ0v) is 14.2. The molecule has 0 N–H and O–H groups in total. The summed E-state index contributed by atoms with van der Waals surface area (Å²) in [5, 5.41) is 0. The number of hydrogen-bond acceptors (Lipinski definition) is 5. The maximum absolute atomic E-state index is 5.69. The third-order valence-electron chi connectivity index (χ3n) is 3.26. The predicted octanol–water partition coefficient (Wildman–Crippen LogP) is 3.26. The SMILES string of the molecule is CC1(C)C=CC=COB(OB2OC=CC=CC(C)(C)CO2)OC1. The quantitative estimate of drug-likeness (QED) is 0.731. The first-order valence-electron chi connectivity index (χ1n) is 7.75. The summed E-state index contributed by atoms with van der Waals surface area (Å²) >= 11 is 0. The van der Waals surface area contributed by atoms with E-state index in [9.17, 15) is 0 Å². The van der Waals surface area contributed by atoms with Gasteiger partial charge in [-0.05, 0) is 12.2 Å². The zero-order valence-electron chi connectivity index (χ0n) is 14.2. The third-order valence-corrected chi connectivity index (χ3v) is 3.26. The molecule has 0 atom stereocenters. The van der Waals surface area contributed by atoms with Crippen molar-refractivity contribution in [2.24, 2.45) is 10.8 Å². The van der Waals surface area contributed by atoms with Gasteiger partial charge in [-0.15, -0.1) is 0 Å². The minimum Gasteiger partial charge on any atom is -0.519 e. The van der Waals surface area contributed by atoms with E-state index in [1.807, 2.05) is 12.2 Å². The summed E-state index contributed by atoms with van der Waals surface area (Å²) in [7, 11) is -1.80. The van der Waals surface area contributed by atoms with Crippen molar-refractivity contribution < 1.29 is 23.2 Å². The van der Waals surface area contributed by atoms with Crippen LogP contribution in [-0.2, 0) is 23.2 Å². The highest BCUT2D eigenvalue weighted by Crippen LogP contribution is 2.21. The molecule has 2 rings (SSSR count). The summed E-state index contributed by atoms with van der Waals surface area (Å²) in [6.45, 7) is 9.19. The molecule has 0 saturated carbocycles. The molecule has 2 aliphatic heterocycles. The van der Waals surface area contributed by atoms with Crippen LogP contribution >= 0.6 is 0 Å². The van der Waals surface area contributed by atoms with Crippen LogP contribution in [0.5, 0.6) is 0 Å². The molecular weight excluding hydrogens is 294 g/mol. The number of allylic oxidation sites excluding steroid dienone is 4. The normalized spacial score (nSPS) is 23.7. The maximum Gasteiger partial charge on any atom is 0.701 e. The van der Waals surface area contributed by atoms with Gasteiger partial charge in [-0.1, -0.05) is 52.0 Å². The van der Waals surface area contributed by atoms with Crippen LogP contribution in [0.25, 0.3) is 0 Å². The Morgan fingerprint density at radius 3 is 1.61 bits per heavy atom. The second kappa shape index (κ2) is 7.90. The monoisotopic (exact) mass is 318 g/mol. The lowest BCUT2D eigenvalue weighted by atomic mass is 9.93. The summed E-state index contributed by atoms with van der Waals surface area (Å²) in [4.78, 5) is 0. The van der Waals surface area contributed by atoms with Crippen LogP contribution in [0.1, 0.15) is 27.7 Å². The Bertz CT molecular complexity index is 453. The fourth-order valence-electron chi connectivity index (χ4n) is 1.92. The second-order valence-electron chi connectivity index (χ2n) is 6.96. The van der Waals surface area contributed by atoms with Crippen molar-refractivity contribution in [2.45, 2.75) is 27.7 Å². The maximum atomic E-state index is 5.69. The van der Waals surface area contributed by atoms with Crippen LogP contribution < -0.4 is 0 Å². The summed E-state index contributed by atoms with van der Waals surface area (Å²) < 4.78 is 27.9. The Balaban J connectivity index is 1.96. The van der Waals surface area contributed by atoms with Crippen LogP contribution in [0, 0.1) is 10.8 Å². The molecule has 0 aliphatic carbocycles. The molecule has 0 aromatic carbocycles. The first-order chi connectivity index (χ1) is 10.9. The minimum absolute atomic E-state index is 0.119. The Labute approximate surface area is 139 Å². The summed E-state index contributed by atoms with van der Waals surface area (Å²) in [5.74, 6) is 0. The van der Waals surface area contributed by atoms with E-state index >= 15 is 0 Å². The Kier molecular flexibility index (Phi) is 6.16. The van der Waals surface area contributed by atoms with Gasteiger partial charge in [0.2, 0.25) is 0 Å². The molecule has 23 heavy (non-hydrogen) atoms. The van der Waals surface area contributed by atoms with E-state index in [4.69, 9.17) is 23.2 Å². The van der Waals surface area contributed by atoms with Gasteiger partial charge in [0.15, 0.2) is 0 Å². The largest absolute Gasteiger partial charge is 0.701 e. The fourth-order valence-corrected chi connectivity index (χ4v) is 1.92. The van der Waals surface area contributed by atoms with Crippen LogP contribution in [-0.4, -0.2) is 27.9 Å². The van der Waals surface area contributed by atoms with Gasteiger partial charge >= 0.3 is 14.6 Å². The Morgan fingerprint density at radius 2 is 1.17 bits per heavy atom. The van der Waals surface area contributed by atoms with E-state index in [1.165, 1.54) is 12.5 Å². The van der Waals surface area contributed by atoms with Gasteiger partial charge in [-0.2, -0.15) is 0 Å². The third kappa shape index (κ3) is 6.69. The first-order valence-corrected chi connectivity index (χ1v) is 7.75. The Hall–Kier alpha value is -1.43. The molecule has 2 aliphatic rings. The van der Waals surface area contributed by atoms with Gasteiger partial charge in [-0.3, -0.25) is 0 Å². The Morgan fingerprint density at radius 1 is 0.739 bits per heavy atom. The summed E-state index contributed by atoms with van der Waals surface area (Å²) in [5.41, 5.74) is -0.239. The van der Waals surface area contributed by atoms with Crippen LogP contribution in [0.3, 0.4) is 0 Å². The first kappa shape index (κ1) is 17.9. The molecule has 0 amide bonds. The lowest BCUT2D eigenvalue weighted by molar-refractivity contribution is 0.0907. The van der Waals surface area contributed by atoms with Crippen LogP contribution in [0.2, 0.25) is 0 Å². The minimum atomic E-state index is -0.902. The van der Waals surface area contributed by atoms with Gasteiger partial charge in [0.25, 0.3) is 0 Å². The van der Waals surface area contributed by atoms with E-state index in [1.54, 1.807) is 12.2 Å². The van der Waals surface area contributed by atoms with Crippen molar-refractivity contribution in [1.29, 1.82) is 0 Å². The van der Waals surface area contributed by atoms with E-state index in [-0.39, 0.29) is 10.8 Å². The van der Waals surface area contributed by atoms with E-state index < -0.39 is 14.6 Å². The van der Waals surface area contributed by atoms with Crippen molar-refractivity contribution in [1.82, 2.24) is 0 Å². The van der Waals surface area contributed by atoms with Gasteiger partial charge in [0.1, 0.15) is 0 Å². The molecule has 0 unspecified atom stereocenters. The molecule has 0 fully saturated rings. The average molecular weight is 318 g/mol. The topological polar surface area (TPSA) is 46.2 Å². The molecule has 0 aromatic rings. The molecule has 124 valence electrons. The molecule has 7 heteroatoms. The smallest absolute Gasteiger partial charge is 0.519 e. The number of rotatable bonds is 2. The van der Waals surface area contributed by atoms with Crippen LogP contribution in [0.4, 0.5) is 0 Å². The van der Waals surface area contributed by atoms with E-state index in [0.29, 0.717) is 13.2 Å². The van der Waals surface area contributed by atoms with Gasteiger partial charge in [-0.25, -0.2) is 0 Å². The van der Waals surface area contributed by atoms with Crippen molar-refractivity contribution in [3.8, 4) is 0 Å². The lowest BCUT2D eigenvalue weighted by Crippen LogP contribution is -2.39. The highest BCUT2D eigenvalue weighted by Gasteiger charge is 2.37. The predicted molar refractivity (Wildman–Crippen MR) is 90.8 cm³/mol. The second-order valence-corrected chi connectivity index (χ2v) is 6.96. The van der Waals surface area contributed by atoms with Crippen molar-refractivity contribution in [3.63, 3.8) is 0 Å². The molecular formula is C16H24B2O5. The highest BCUT2D eigenvalue weighted by molar-refractivity contribution is 6.52. The molecule has 0 radical (unpaired) electrons. The molecule has 0 spiro atoms. The zero-order chi connectivity index (χ0) is 16.8. The van der Waals surface area contributed by atoms with Gasteiger partial charge in [0.05, 0.1) is 12.5 Å². The molecule has 2 heterocycles. The van der Waals surface area contributed by atoms with E-state index in [2.05, 4.69) is 39.8 Å². The van der Waals surface area contributed by atoms with Gasteiger partial charge in [0, 0.05) is 24.0 Å². The lowest BCUT2D eigenvalue weighted by Gasteiger charge is -2.24. The molecule has 5 nitrogen and oxygen atoms in total. The standard InChI is InChI=1S/C16H24B2O5/c1-15(2)9-5-7-11-19-17(21-13-15)23-18-20-12-8-6-10-16(3,4)14-22-18/h5-12H,13-14H2,1-4H3. The van der Waals surface area contributed by atoms with Gasteiger partial charge < -0.3 is 23.2 Å². The molecule has 0 saturated heterocycles. The van der Waals surface area contributed by atoms with Crippen molar-refractivity contribution >= 4 is 14.6 Å². The summed E-state index contributed by atoms with van der Waals surface area (Å²) in [6.07, 6.45) is 14.6. The fraction of sp³-hybridized carbons (Fsp3) is 0.500. The average Bonchev–Trinajstić information content (AvgIpc) is 2.60. The summed E-state index contributed by atoms with van der Waals surface area (Å²) in [6, 6.07) is 0. The van der Waals surface area contributed by atoms with E-state index in [0.717, 1.165) is 0 Å². The van der Waals surface area contributed by atoms with Crippen molar-refractivity contribution in [3.05, 3.63) is 49.0 Å². The highest BCUT2D eigenvalue weighted by atomic mass is 16.8. The molecule has 0 aromatic heterocycles. The molecule has 0 bridgehead atoms. The van der Waals surface area contributed by atoms with Crippen molar-refractivity contribution in [2.75, 3.05) is 13.2 Å². The van der Waals surface area contributed by atoms with Crippen LogP contribution in [0.15, 0.2) is 49.0 Å².